The van der Waals surface area contributed by atoms with Crippen molar-refractivity contribution in [2.45, 2.75) is 44.6 Å². The lowest BCUT2D eigenvalue weighted by molar-refractivity contribution is -0.148. The van der Waals surface area contributed by atoms with Gasteiger partial charge < -0.3 is 30.5 Å². The van der Waals surface area contributed by atoms with Gasteiger partial charge >= 0.3 is 0 Å². The molecular weight excluding hydrogens is 528 g/mol. The molecule has 2 aliphatic heterocycles. The molecule has 0 spiro atoms. The Morgan fingerprint density at radius 2 is 1.71 bits per heavy atom. The number of nitrogens with one attached hydrogen (secondary N) is 3. The van der Waals surface area contributed by atoms with Gasteiger partial charge in [-0.15, -0.1) is 0 Å². The number of nitrogens with zero attached hydrogens (tertiary/aromatic N) is 3. The Morgan fingerprint density at radius 1 is 1.00 bits per heavy atom. The first-order valence-electron chi connectivity index (χ1n) is 13.6. The van der Waals surface area contributed by atoms with Crippen molar-refractivity contribution in [3.63, 3.8) is 0 Å². The third-order valence-electron chi connectivity index (χ3n) is 7.10. The quantitative estimate of drug-likeness (QED) is 0.463. The minimum absolute atomic E-state index is 0.00804. The molecule has 4 rings (SSSR count). The van der Waals surface area contributed by atoms with E-state index in [1.807, 2.05) is 30.3 Å². The third-order valence-corrected chi connectivity index (χ3v) is 7.10. The number of carbonyl (C=O) groups is 5. The molecule has 218 valence electrons. The smallest absolute Gasteiger partial charge is 0.254 e. The van der Waals surface area contributed by atoms with Gasteiger partial charge in [-0.1, -0.05) is 44.2 Å². The van der Waals surface area contributed by atoms with Crippen LogP contribution in [0.3, 0.4) is 0 Å². The first-order chi connectivity index (χ1) is 19.6. The average Bonchev–Trinajstić information content (AvgIpc) is 2.97. The van der Waals surface area contributed by atoms with Crippen molar-refractivity contribution < 1.29 is 28.7 Å². The van der Waals surface area contributed by atoms with Crippen LogP contribution in [0, 0.1) is 5.92 Å². The fourth-order valence-corrected chi connectivity index (χ4v) is 4.89. The monoisotopic (exact) mass is 564 g/mol. The molecule has 1 aromatic heterocycles. The van der Waals surface area contributed by atoms with Crippen molar-refractivity contribution in [2.24, 2.45) is 5.92 Å². The van der Waals surface area contributed by atoms with Gasteiger partial charge in [-0.05, 0) is 23.6 Å². The van der Waals surface area contributed by atoms with E-state index in [-0.39, 0.29) is 44.4 Å². The zero-order valence-corrected chi connectivity index (χ0v) is 23.4. The zero-order chi connectivity index (χ0) is 29.5. The summed E-state index contributed by atoms with van der Waals surface area (Å²) >= 11 is 0. The van der Waals surface area contributed by atoms with Crippen LogP contribution in [-0.4, -0.2) is 102 Å². The Balaban J connectivity index is 1.65. The van der Waals surface area contributed by atoms with Gasteiger partial charge in [0.05, 0.1) is 19.2 Å². The number of rotatable bonds is 4. The molecule has 1 aromatic carbocycles. The van der Waals surface area contributed by atoms with Gasteiger partial charge in [-0.3, -0.25) is 29.0 Å². The molecule has 3 N–H and O–H groups in total. The van der Waals surface area contributed by atoms with Crippen LogP contribution in [0.15, 0.2) is 54.9 Å². The zero-order valence-electron chi connectivity index (χ0n) is 23.4. The summed E-state index contributed by atoms with van der Waals surface area (Å²) in [5.74, 6) is -2.54. The largest absolute Gasteiger partial charge is 0.360 e. The number of fused-ring (bicyclic) bond motifs is 2. The predicted molar refractivity (Wildman–Crippen MR) is 148 cm³/mol. The summed E-state index contributed by atoms with van der Waals surface area (Å²) in [4.78, 5) is 73.0. The predicted octanol–water partition coefficient (Wildman–Crippen LogP) is -0.252. The summed E-state index contributed by atoms with van der Waals surface area (Å²) in [5.41, 5.74) is 1.21. The summed E-state index contributed by atoms with van der Waals surface area (Å²) < 4.78 is 6.07. The van der Waals surface area contributed by atoms with Gasteiger partial charge in [0.2, 0.25) is 17.7 Å². The lowest BCUT2D eigenvalue weighted by Crippen LogP contribution is -2.59. The number of aromatic nitrogens is 1. The highest BCUT2D eigenvalue weighted by molar-refractivity contribution is 5.96. The Hall–Kier alpha value is -4.32. The molecule has 12 heteroatoms. The van der Waals surface area contributed by atoms with Crippen LogP contribution in [0.2, 0.25) is 0 Å². The number of amides is 5. The van der Waals surface area contributed by atoms with Crippen molar-refractivity contribution in [2.75, 3.05) is 33.2 Å². The Morgan fingerprint density at radius 3 is 2.39 bits per heavy atom. The van der Waals surface area contributed by atoms with Crippen LogP contribution in [0.5, 0.6) is 0 Å². The molecule has 2 fully saturated rings. The van der Waals surface area contributed by atoms with Gasteiger partial charge in [-0.25, -0.2) is 0 Å². The van der Waals surface area contributed by atoms with Crippen molar-refractivity contribution in [1.82, 2.24) is 30.7 Å². The molecule has 5 amide bonds. The number of pyridine rings is 1. The maximum atomic E-state index is 13.6. The van der Waals surface area contributed by atoms with Crippen LogP contribution in [0.1, 0.15) is 29.8 Å². The second kappa shape index (κ2) is 13.4. The Labute approximate surface area is 238 Å². The van der Waals surface area contributed by atoms with Gasteiger partial charge in [0, 0.05) is 44.5 Å². The number of benzene rings is 1. The van der Waals surface area contributed by atoms with Crippen LogP contribution < -0.4 is 16.0 Å². The van der Waals surface area contributed by atoms with E-state index in [1.165, 1.54) is 29.2 Å². The normalized spacial score (nSPS) is 24.6. The van der Waals surface area contributed by atoms with Crippen LogP contribution in [-0.2, 0) is 30.3 Å². The molecule has 12 nitrogen and oxygen atoms in total. The number of hydrogen-bond acceptors (Lipinski definition) is 7. The summed E-state index contributed by atoms with van der Waals surface area (Å²) in [7, 11) is 1.47. The molecule has 2 aliphatic rings. The van der Waals surface area contributed by atoms with Crippen LogP contribution >= 0.6 is 0 Å². The minimum Gasteiger partial charge on any atom is -0.360 e. The fraction of sp³-hybridized carbons (Fsp3) is 0.448. The standard InChI is InChI=1S/C29H36N6O6/c1-18(2)25-27(38)31-14-21-15-35(28(39)20-9-11-30-12-10-20)16-23(41-21)26(37)32-22(13-19-7-5-4-6-8-19)29(40)34(3)17-24(36)33-25/h4-12,18,21-23,25H,13-17H2,1-3H3,(H,31,38)(H,32,37)(H,33,36)/t21-,22+,23+,25-/m0/s1. The summed E-state index contributed by atoms with van der Waals surface area (Å²) in [6, 6.07) is 10.5. The molecule has 2 aromatic rings. The van der Waals surface area contributed by atoms with E-state index in [2.05, 4.69) is 20.9 Å². The Kier molecular flexibility index (Phi) is 9.66. The van der Waals surface area contributed by atoms with Crippen molar-refractivity contribution >= 4 is 29.5 Å². The molecule has 3 heterocycles. The highest BCUT2D eigenvalue weighted by Crippen LogP contribution is 2.16. The number of ether oxygens (including phenoxy) is 1. The van der Waals surface area contributed by atoms with Crippen molar-refractivity contribution in [1.29, 1.82) is 0 Å². The summed E-state index contributed by atoms with van der Waals surface area (Å²) in [6.45, 7) is 3.39. The molecule has 41 heavy (non-hydrogen) atoms. The van der Waals surface area contributed by atoms with Crippen LogP contribution in [0.4, 0.5) is 0 Å². The SMILES string of the molecule is CC(C)[C@@H]1NC(=O)CN(C)C(=O)[C@@H](Cc2ccccc2)NC(=O)[C@H]2CN(C(=O)c3ccncc3)C[C@H](CNC1=O)O2. The maximum absolute atomic E-state index is 13.6. The lowest BCUT2D eigenvalue weighted by Gasteiger charge is -2.38. The van der Waals surface area contributed by atoms with E-state index >= 15 is 0 Å². The first-order valence-corrected chi connectivity index (χ1v) is 13.6. The van der Waals surface area contributed by atoms with E-state index in [0.29, 0.717) is 5.56 Å². The Bertz CT molecular complexity index is 1260. The van der Waals surface area contributed by atoms with Crippen molar-refractivity contribution in [3.05, 3.63) is 66.0 Å². The molecule has 0 saturated carbocycles. The lowest BCUT2D eigenvalue weighted by atomic mass is 10.0. The average molecular weight is 565 g/mol. The molecule has 0 unspecified atom stereocenters. The summed E-state index contributed by atoms with van der Waals surface area (Å²) in [6.07, 6.45) is 1.39. The van der Waals surface area contributed by atoms with E-state index in [1.54, 1.807) is 26.0 Å². The first kappa shape index (κ1) is 29.7. The van der Waals surface area contributed by atoms with E-state index in [9.17, 15) is 24.0 Å². The van der Waals surface area contributed by atoms with Crippen molar-refractivity contribution in [3.8, 4) is 0 Å². The van der Waals surface area contributed by atoms with Gasteiger partial charge in [0.15, 0.2) is 6.10 Å². The van der Waals surface area contributed by atoms with Gasteiger partial charge in [0.1, 0.15) is 12.1 Å². The molecule has 2 bridgehead atoms. The number of likely N-dealkylation sites (N-methyl/N-ethyl adjacent to an activating group) is 1. The number of hydrogen-bond donors (Lipinski definition) is 3. The molecule has 0 aliphatic carbocycles. The number of carbonyl (C=O) groups excluding carboxylic acids is 5. The number of morpholine rings is 1. The highest BCUT2D eigenvalue weighted by Gasteiger charge is 2.38. The van der Waals surface area contributed by atoms with Crippen LogP contribution in [0.25, 0.3) is 0 Å². The third kappa shape index (κ3) is 7.66. The second-order valence-electron chi connectivity index (χ2n) is 10.7. The van der Waals surface area contributed by atoms with Gasteiger partial charge in [-0.2, -0.15) is 0 Å². The highest BCUT2D eigenvalue weighted by atomic mass is 16.5. The molecular formula is C29H36N6O6. The molecule has 2 saturated heterocycles. The fourth-order valence-electron chi connectivity index (χ4n) is 4.89. The molecule has 0 radical (unpaired) electrons. The maximum Gasteiger partial charge on any atom is 0.254 e. The molecule has 4 atom stereocenters. The van der Waals surface area contributed by atoms with Gasteiger partial charge in [0.25, 0.3) is 11.8 Å². The topological polar surface area (TPSA) is 150 Å². The summed E-state index contributed by atoms with van der Waals surface area (Å²) in [5, 5.41) is 8.32. The van der Waals surface area contributed by atoms with E-state index < -0.39 is 47.9 Å². The van der Waals surface area contributed by atoms with E-state index in [4.69, 9.17) is 4.74 Å². The minimum atomic E-state index is -1.10. The second-order valence-corrected chi connectivity index (χ2v) is 10.7. The van der Waals surface area contributed by atoms with E-state index in [0.717, 1.165) is 5.56 Å².